The number of carbonyl (C=O) groups excluding carboxylic acids is 1. The van der Waals surface area contributed by atoms with Gasteiger partial charge >= 0.3 is 6.36 Å². The number of rotatable bonds is 6. The molecule has 2 heterocycles. The number of ether oxygens (including phenoxy) is 1. The van der Waals surface area contributed by atoms with Crippen molar-refractivity contribution < 1.29 is 31.1 Å². The lowest BCUT2D eigenvalue weighted by molar-refractivity contribution is -0.274. The zero-order chi connectivity index (χ0) is 20.4. The van der Waals surface area contributed by atoms with Crippen molar-refractivity contribution in [3.05, 3.63) is 24.3 Å². The molecule has 1 aromatic rings. The Morgan fingerprint density at radius 2 is 1.61 bits per heavy atom. The third-order valence-electron chi connectivity index (χ3n) is 4.88. The molecule has 2 saturated heterocycles. The predicted molar refractivity (Wildman–Crippen MR) is 94.1 cm³/mol. The first-order chi connectivity index (χ1) is 13.1. The molecule has 0 radical (unpaired) electrons. The van der Waals surface area contributed by atoms with Gasteiger partial charge in [-0.3, -0.25) is 9.69 Å². The van der Waals surface area contributed by atoms with Gasteiger partial charge in [0, 0.05) is 52.2 Å². The Labute approximate surface area is 161 Å². The van der Waals surface area contributed by atoms with Gasteiger partial charge in [-0.05, 0) is 30.7 Å². The number of sulfonamides is 1. The van der Waals surface area contributed by atoms with Crippen LogP contribution in [-0.4, -0.2) is 80.6 Å². The number of halogens is 3. The van der Waals surface area contributed by atoms with Crippen molar-refractivity contribution in [2.24, 2.45) is 0 Å². The fourth-order valence-electron chi connectivity index (χ4n) is 3.36. The van der Waals surface area contributed by atoms with Gasteiger partial charge in [0.15, 0.2) is 0 Å². The van der Waals surface area contributed by atoms with E-state index in [0.717, 1.165) is 37.2 Å². The molecule has 2 aliphatic heterocycles. The number of benzene rings is 1. The summed E-state index contributed by atoms with van der Waals surface area (Å²) in [6.45, 7) is 3.78. The standard InChI is InChI=1S/C17H22F3N3O4S/c18-17(19,20)27-14-3-5-15(6-4-14)28(25,26)23-12-9-21(10-13-23)8-11-22-7-1-2-16(22)24/h3-6H,1-2,7-13H2. The van der Waals surface area contributed by atoms with Crippen molar-refractivity contribution in [2.75, 3.05) is 45.8 Å². The van der Waals surface area contributed by atoms with Crippen molar-refractivity contribution >= 4 is 15.9 Å². The summed E-state index contributed by atoms with van der Waals surface area (Å²) in [6.07, 6.45) is -3.34. The molecule has 28 heavy (non-hydrogen) atoms. The average Bonchev–Trinajstić information content (AvgIpc) is 3.04. The monoisotopic (exact) mass is 421 g/mol. The van der Waals surface area contributed by atoms with E-state index in [1.807, 2.05) is 4.90 Å². The van der Waals surface area contributed by atoms with Crippen LogP contribution < -0.4 is 4.74 Å². The molecule has 0 aromatic heterocycles. The molecule has 1 aromatic carbocycles. The van der Waals surface area contributed by atoms with Gasteiger partial charge in [-0.25, -0.2) is 8.42 Å². The molecule has 11 heteroatoms. The number of nitrogens with zero attached hydrogens (tertiary/aromatic N) is 3. The normalized spacial score (nSPS) is 20.0. The molecular weight excluding hydrogens is 399 g/mol. The summed E-state index contributed by atoms with van der Waals surface area (Å²) in [6, 6.07) is 4.21. The van der Waals surface area contributed by atoms with Crippen LogP contribution in [0, 0.1) is 0 Å². The molecule has 0 saturated carbocycles. The lowest BCUT2D eigenvalue weighted by atomic mass is 10.3. The predicted octanol–water partition coefficient (Wildman–Crippen LogP) is 1.51. The van der Waals surface area contributed by atoms with Crippen LogP contribution in [0.2, 0.25) is 0 Å². The molecule has 3 rings (SSSR count). The highest BCUT2D eigenvalue weighted by atomic mass is 32.2. The minimum Gasteiger partial charge on any atom is -0.406 e. The summed E-state index contributed by atoms with van der Waals surface area (Å²) in [7, 11) is -3.78. The van der Waals surface area contributed by atoms with Crippen LogP contribution in [0.15, 0.2) is 29.2 Å². The maximum absolute atomic E-state index is 12.7. The van der Waals surface area contributed by atoms with Gasteiger partial charge in [-0.1, -0.05) is 0 Å². The van der Waals surface area contributed by atoms with Crippen molar-refractivity contribution in [2.45, 2.75) is 24.1 Å². The number of amides is 1. The molecule has 1 amide bonds. The van der Waals surface area contributed by atoms with E-state index in [4.69, 9.17) is 0 Å². The minimum atomic E-state index is -4.82. The highest BCUT2D eigenvalue weighted by Gasteiger charge is 2.32. The van der Waals surface area contributed by atoms with E-state index in [9.17, 15) is 26.4 Å². The summed E-state index contributed by atoms with van der Waals surface area (Å²) in [5.74, 6) is -0.299. The third kappa shape index (κ3) is 5.15. The van der Waals surface area contributed by atoms with E-state index < -0.39 is 22.1 Å². The molecule has 0 spiro atoms. The quantitative estimate of drug-likeness (QED) is 0.697. The van der Waals surface area contributed by atoms with Crippen LogP contribution in [0.5, 0.6) is 5.75 Å². The Morgan fingerprint density at radius 1 is 0.964 bits per heavy atom. The van der Waals surface area contributed by atoms with E-state index in [2.05, 4.69) is 9.64 Å². The van der Waals surface area contributed by atoms with Gasteiger partial charge in [0.1, 0.15) is 5.75 Å². The van der Waals surface area contributed by atoms with Crippen molar-refractivity contribution in [1.82, 2.24) is 14.1 Å². The molecule has 2 aliphatic rings. The summed E-state index contributed by atoms with van der Waals surface area (Å²) in [5, 5.41) is 0. The van der Waals surface area contributed by atoms with E-state index in [-0.39, 0.29) is 23.9 Å². The van der Waals surface area contributed by atoms with Crippen molar-refractivity contribution in [3.8, 4) is 5.75 Å². The molecule has 0 unspecified atom stereocenters. The van der Waals surface area contributed by atoms with Crippen LogP contribution >= 0.6 is 0 Å². The number of likely N-dealkylation sites (tertiary alicyclic amines) is 1. The molecule has 0 atom stereocenters. The fourth-order valence-corrected chi connectivity index (χ4v) is 4.78. The zero-order valence-corrected chi connectivity index (χ0v) is 16.0. The second kappa shape index (κ2) is 8.26. The maximum Gasteiger partial charge on any atom is 0.573 e. The second-order valence-electron chi connectivity index (χ2n) is 6.75. The third-order valence-corrected chi connectivity index (χ3v) is 6.80. The van der Waals surface area contributed by atoms with E-state index in [1.54, 1.807) is 0 Å². The molecule has 2 fully saturated rings. The Morgan fingerprint density at radius 3 is 2.14 bits per heavy atom. The smallest absolute Gasteiger partial charge is 0.406 e. The highest BCUT2D eigenvalue weighted by Crippen LogP contribution is 2.25. The summed E-state index contributed by atoms with van der Waals surface area (Å²) in [5.41, 5.74) is 0. The minimum absolute atomic E-state index is 0.0712. The Kier molecular flexibility index (Phi) is 6.15. The molecular formula is C17H22F3N3O4S. The maximum atomic E-state index is 12.7. The summed E-state index contributed by atoms with van der Waals surface area (Å²) >= 11 is 0. The van der Waals surface area contributed by atoms with Crippen LogP contribution in [0.3, 0.4) is 0 Å². The highest BCUT2D eigenvalue weighted by molar-refractivity contribution is 7.89. The van der Waals surface area contributed by atoms with E-state index >= 15 is 0 Å². The van der Waals surface area contributed by atoms with Crippen molar-refractivity contribution in [1.29, 1.82) is 0 Å². The second-order valence-corrected chi connectivity index (χ2v) is 8.69. The fraction of sp³-hybridized carbons (Fsp3) is 0.588. The first kappa shape index (κ1) is 20.9. The van der Waals surface area contributed by atoms with Crippen LogP contribution in [0.25, 0.3) is 0 Å². The summed E-state index contributed by atoms with van der Waals surface area (Å²) in [4.78, 5) is 15.5. The Hall–Kier alpha value is -1.85. The zero-order valence-electron chi connectivity index (χ0n) is 15.2. The number of carbonyl (C=O) groups is 1. The first-order valence-electron chi connectivity index (χ1n) is 9.01. The van der Waals surface area contributed by atoms with Gasteiger partial charge in [0.05, 0.1) is 4.90 Å². The average molecular weight is 421 g/mol. The van der Waals surface area contributed by atoms with Crippen LogP contribution in [-0.2, 0) is 14.8 Å². The number of alkyl halides is 3. The van der Waals surface area contributed by atoms with Gasteiger partial charge in [-0.15, -0.1) is 13.2 Å². The Bertz CT molecular complexity index is 791. The van der Waals surface area contributed by atoms with E-state index in [0.29, 0.717) is 32.6 Å². The summed E-state index contributed by atoms with van der Waals surface area (Å²) < 4.78 is 67.1. The van der Waals surface area contributed by atoms with E-state index in [1.165, 1.54) is 4.31 Å². The lowest BCUT2D eigenvalue weighted by Gasteiger charge is -2.34. The SMILES string of the molecule is O=C1CCCN1CCN1CCN(S(=O)(=O)c2ccc(OC(F)(F)F)cc2)CC1. The number of hydrogen-bond acceptors (Lipinski definition) is 5. The van der Waals surface area contributed by atoms with Gasteiger partial charge in [0.2, 0.25) is 15.9 Å². The molecule has 0 bridgehead atoms. The van der Waals surface area contributed by atoms with Gasteiger partial charge in [-0.2, -0.15) is 4.31 Å². The van der Waals surface area contributed by atoms with Gasteiger partial charge < -0.3 is 9.64 Å². The number of hydrogen-bond donors (Lipinski definition) is 0. The Balaban J connectivity index is 1.53. The molecule has 0 aliphatic carbocycles. The molecule has 7 nitrogen and oxygen atoms in total. The van der Waals surface area contributed by atoms with Gasteiger partial charge in [0.25, 0.3) is 0 Å². The molecule has 0 N–H and O–H groups in total. The first-order valence-corrected chi connectivity index (χ1v) is 10.5. The number of piperazine rings is 1. The lowest BCUT2D eigenvalue weighted by Crippen LogP contribution is -2.50. The molecule has 156 valence electrons. The van der Waals surface area contributed by atoms with Crippen LogP contribution in [0.4, 0.5) is 13.2 Å². The van der Waals surface area contributed by atoms with Crippen molar-refractivity contribution in [3.63, 3.8) is 0 Å². The largest absolute Gasteiger partial charge is 0.573 e. The van der Waals surface area contributed by atoms with Crippen LogP contribution in [0.1, 0.15) is 12.8 Å². The topological polar surface area (TPSA) is 70.2 Å².